The summed E-state index contributed by atoms with van der Waals surface area (Å²) in [5.74, 6) is 0. The van der Waals surface area contributed by atoms with Gasteiger partial charge in [-0.3, -0.25) is 9.97 Å². The van der Waals surface area contributed by atoms with Gasteiger partial charge in [0.1, 0.15) is 0 Å². The fourth-order valence-electron chi connectivity index (χ4n) is 7.65. The molecule has 7 aromatic carbocycles. The zero-order chi connectivity index (χ0) is 35.0. The lowest BCUT2D eigenvalue weighted by Crippen LogP contribution is -1.93. The van der Waals surface area contributed by atoms with Crippen LogP contribution in [-0.4, -0.2) is 9.97 Å². The second kappa shape index (κ2) is 13.2. The molecular formula is C50H36N2. The van der Waals surface area contributed by atoms with E-state index in [2.05, 4.69) is 177 Å². The third-order valence-electron chi connectivity index (χ3n) is 10.2. The van der Waals surface area contributed by atoms with E-state index in [-0.39, 0.29) is 0 Å². The Morgan fingerprint density at radius 2 is 0.712 bits per heavy atom. The van der Waals surface area contributed by atoms with Crippen molar-refractivity contribution in [1.82, 2.24) is 9.97 Å². The monoisotopic (exact) mass is 664 g/mol. The maximum absolute atomic E-state index is 4.70. The van der Waals surface area contributed by atoms with Gasteiger partial charge in [-0.2, -0.15) is 0 Å². The van der Waals surface area contributed by atoms with E-state index in [0.717, 1.165) is 22.5 Å². The highest BCUT2D eigenvalue weighted by atomic mass is 14.7. The molecule has 0 radical (unpaired) electrons. The van der Waals surface area contributed by atoms with E-state index < -0.39 is 0 Å². The van der Waals surface area contributed by atoms with Crippen molar-refractivity contribution in [3.05, 3.63) is 193 Å². The summed E-state index contributed by atoms with van der Waals surface area (Å²) in [5, 5.41) is 4.91. The van der Waals surface area contributed by atoms with Gasteiger partial charge in [-0.15, -0.1) is 0 Å². The molecule has 0 amide bonds. The normalized spacial score (nSPS) is 11.3. The van der Waals surface area contributed by atoms with Gasteiger partial charge in [-0.05, 0) is 115 Å². The van der Waals surface area contributed by atoms with Crippen molar-refractivity contribution in [2.24, 2.45) is 0 Å². The molecule has 0 spiro atoms. The van der Waals surface area contributed by atoms with Crippen molar-refractivity contribution >= 4 is 21.5 Å². The average molecular weight is 665 g/mol. The third kappa shape index (κ3) is 5.65. The summed E-state index contributed by atoms with van der Waals surface area (Å²) in [5.41, 5.74) is 16.3. The Hall–Kier alpha value is -6.64. The molecule has 52 heavy (non-hydrogen) atoms. The lowest BCUT2D eigenvalue weighted by molar-refractivity contribution is 1.27. The number of aryl methyl sites for hydroxylation is 2. The number of hydrogen-bond donors (Lipinski definition) is 0. The second-order valence-corrected chi connectivity index (χ2v) is 13.5. The summed E-state index contributed by atoms with van der Waals surface area (Å²) in [4.78, 5) is 9.38. The maximum atomic E-state index is 4.70. The van der Waals surface area contributed by atoms with Crippen LogP contribution < -0.4 is 0 Å². The molecule has 2 nitrogen and oxygen atoms in total. The fourth-order valence-corrected chi connectivity index (χ4v) is 7.65. The van der Waals surface area contributed by atoms with Crippen LogP contribution >= 0.6 is 0 Å². The SMILES string of the molecule is Cc1cccnc1-c1ccc(-c2c3ccccc3c(-c3ccc(-c4ncccc4C)cc3)c3cc(-c4cccc(-c5ccccc5)c4)ccc23)cc1. The maximum Gasteiger partial charge on any atom is 0.0731 e. The molecule has 0 fully saturated rings. The van der Waals surface area contributed by atoms with E-state index in [4.69, 9.17) is 4.98 Å². The molecule has 0 saturated carbocycles. The van der Waals surface area contributed by atoms with Gasteiger partial charge < -0.3 is 0 Å². The van der Waals surface area contributed by atoms with Gasteiger partial charge in [-0.25, -0.2) is 0 Å². The summed E-state index contributed by atoms with van der Waals surface area (Å²) in [7, 11) is 0. The predicted molar refractivity (Wildman–Crippen MR) is 219 cm³/mol. The number of fused-ring (bicyclic) bond motifs is 2. The smallest absolute Gasteiger partial charge is 0.0731 e. The van der Waals surface area contributed by atoms with E-state index in [9.17, 15) is 0 Å². The molecule has 0 bridgehead atoms. The fraction of sp³-hybridized carbons (Fsp3) is 0.0400. The van der Waals surface area contributed by atoms with Crippen LogP contribution in [0, 0.1) is 13.8 Å². The van der Waals surface area contributed by atoms with Gasteiger partial charge in [0, 0.05) is 23.5 Å². The Labute approximate surface area is 304 Å². The third-order valence-corrected chi connectivity index (χ3v) is 10.2. The minimum absolute atomic E-state index is 1.02. The molecule has 0 unspecified atom stereocenters. The van der Waals surface area contributed by atoms with Gasteiger partial charge in [0.2, 0.25) is 0 Å². The van der Waals surface area contributed by atoms with E-state index in [1.54, 1.807) is 0 Å². The molecule has 2 heteroatoms. The summed E-state index contributed by atoms with van der Waals surface area (Å²) < 4.78 is 0. The molecule has 9 rings (SSSR count). The summed E-state index contributed by atoms with van der Waals surface area (Å²) in [6, 6.07) is 61.5. The van der Waals surface area contributed by atoms with Crippen molar-refractivity contribution in [3.63, 3.8) is 0 Å². The van der Waals surface area contributed by atoms with Crippen molar-refractivity contribution in [1.29, 1.82) is 0 Å². The zero-order valence-electron chi connectivity index (χ0n) is 29.2. The summed E-state index contributed by atoms with van der Waals surface area (Å²) in [6.07, 6.45) is 3.74. The molecular weight excluding hydrogens is 629 g/mol. The quantitative estimate of drug-likeness (QED) is 0.165. The molecule has 0 saturated heterocycles. The minimum Gasteiger partial charge on any atom is -0.256 e. The number of pyridine rings is 2. The first kappa shape index (κ1) is 31.3. The van der Waals surface area contributed by atoms with E-state index in [0.29, 0.717) is 0 Å². The van der Waals surface area contributed by atoms with Crippen LogP contribution in [0.5, 0.6) is 0 Å². The minimum atomic E-state index is 1.02. The number of aromatic nitrogens is 2. The first-order valence-corrected chi connectivity index (χ1v) is 17.8. The number of nitrogens with zero attached hydrogens (tertiary/aromatic N) is 2. The van der Waals surface area contributed by atoms with E-state index in [1.807, 2.05) is 24.5 Å². The van der Waals surface area contributed by atoms with Crippen molar-refractivity contribution in [2.75, 3.05) is 0 Å². The first-order chi connectivity index (χ1) is 25.6. The highest BCUT2D eigenvalue weighted by Crippen LogP contribution is 2.45. The van der Waals surface area contributed by atoms with Crippen LogP contribution in [0.15, 0.2) is 182 Å². The van der Waals surface area contributed by atoms with Gasteiger partial charge in [0.15, 0.2) is 0 Å². The zero-order valence-corrected chi connectivity index (χ0v) is 29.2. The van der Waals surface area contributed by atoms with Crippen LogP contribution in [-0.2, 0) is 0 Å². The largest absolute Gasteiger partial charge is 0.256 e. The molecule has 9 aromatic rings. The number of hydrogen-bond acceptors (Lipinski definition) is 2. The van der Waals surface area contributed by atoms with Crippen LogP contribution in [0.3, 0.4) is 0 Å². The standard InChI is InChI=1S/C50H36N2/c1-33-11-9-29-51-49(33)38-23-19-36(20-24-38)47-43-17-6-7-18-44(43)48(37-21-25-39(26-22-37)50-34(2)12-10-30-52-50)46-32-42(27-28-45(46)47)41-16-8-15-40(31-41)35-13-4-3-5-14-35/h3-32H,1-2H3. The highest BCUT2D eigenvalue weighted by molar-refractivity contribution is 6.22. The van der Waals surface area contributed by atoms with Crippen LogP contribution in [0.2, 0.25) is 0 Å². The molecule has 0 aliphatic heterocycles. The lowest BCUT2D eigenvalue weighted by atomic mass is 9.84. The Kier molecular flexibility index (Phi) is 7.98. The topological polar surface area (TPSA) is 25.8 Å². The Balaban J connectivity index is 1.27. The van der Waals surface area contributed by atoms with Gasteiger partial charge in [-0.1, -0.05) is 146 Å². The Bertz CT molecular complexity index is 2730. The van der Waals surface area contributed by atoms with Crippen LogP contribution in [0.25, 0.3) is 88.6 Å². The number of benzene rings is 7. The molecule has 0 aliphatic carbocycles. The van der Waals surface area contributed by atoms with Crippen LogP contribution in [0.4, 0.5) is 0 Å². The van der Waals surface area contributed by atoms with Gasteiger partial charge >= 0.3 is 0 Å². The first-order valence-electron chi connectivity index (χ1n) is 17.8. The lowest BCUT2D eigenvalue weighted by Gasteiger charge is -2.19. The predicted octanol–water partition coefficient (Wildman–Crippen LogP) is 13.4. The van der Waals surface area contributed by atoms with Crippen molar-refractivity contribution in [3.8, 4) is 67.0 Å². The van der Waals surface area contributed by atoms with Crippen molar-refractivity contribution < 1.29 is 0 Å². The molecule has 0 atom stereocenters. The van der Waals surface area contributed by atoms with E-state index in [1.165, 1.54) is 77.2 Å². The van der Waals surface area contributed by atoms with Crippen molar-refractivity contribution in [2.45, 2.75) is 13.8 Å². The second-order valence-electron chi connectivity index (χ2n) is 13.5. The summed E-state index contributed by atoms with van der Waals surface area (Å²) in [6.45, 7) is 4.24. The number of rotatable bonds is 6. The molecule has 0 N–H and O–H groups in total. The molecule has 246 valence electrons. The Morgan fingerprint density at radius 3 is 1.27 bits per heavy atom. The Morgan fingerprint density at radius 1 is 0.288 bits per heavy atom. The van der Waals surface area contributed by atoms with Gasteiger partial charge in [0.05, 0.1) is 11.4 Å². The highest BCUT2D eigenvalue weighted by Gasteiger charge is 2.18. The van der Waals surface area contributed by atoms with Crippen LogP contribution in [0.1, 0.15) is 11.1 Å². The molecule has 2 heterocycles. The van der Waals surface area contributed by atoms with Gasteiger partial charge in [0.25, 0.3) is 0 Å². The summed E-state index contributed by atoms with van der Waals surface area (Å²) >= 11 is 0. The van der Waals surface area contributed by atoms with E-state index >= 15 is 0 Å². The average Bonchev–Trinajstić information content (AvgIpc) is 3.21. The molecule has 2 aromatic heterocycles. The molecule has 0 aliphatic rings.